The predicted octanol–water partition coefficient (Wildman–Crippen LogP) is 0.697. The molecule has 52 valence electrons. The van der Waals surface area contributed by atoms with Gasteiger partial charge in [-0.15, -0.1) is 0 Å². The van der Waals surface area contributed by atoms with Crippen molar-refractivity contribution in [3.05, 3.63) is 29.4 Å². The highest BCUT2D eigenvalue weighted by Crippen LogP contribution is 1.89. The molecule has 0 aliphatic carbocycles. The number of nitrogens with one attached hydrogen (secondary N) is 2. The molecule has 0 atom stereocenters. The number of pyridine rings is 1. The van der Waals surface area contributed by atoms with Crippen LogP contribution in [0.4, 0.5) is 0 Å². The highest BCUT2D eigenvalue weighted by molar-refractivity contribution is 5.91. The lowest BCUT2D eigenvalue weighted by Gasteiger charge is -1.92. The number of hydrogen-bond acceptors (Lipinski definition) is 2. The van der Waals surface area contributed by atoms with E-state index in [0.29, 0.717) is 5.69 Å². The molecular formula is C7H8N2O. The molecule has 0 saturated carbocycles. The number of carbonyl (C=O) groups excluding carboxylic acids is 1. The fourth-order valence-electron chi connectivity index (χ4n) is 0.674. The maximum Gasteiger partial charge on any atom is 0.175 e. The highest BCUT2D eigenvalue weighted by atomic mass is 16.1. The molecule has 1 heterocycles. The van der Waals surface area contributed by atoms with Crippen molar-refractivity contribution >= 4 is 5.78 Å². The Morgan fingerprint density at radius 1 is 1.60 bits per heavy atom. The third-order valence-electron chi connectivity index (χ3n) is 1.17. The van der Waals surface area contributed by atoms with Gasteiger partial charge in [0, 0.05) is 6.92 Å². The van der Waals surface area contributed by atoms with E-state index in [4.69, 9.17) is 5.41 Å². The Morgan fingerprint density at radius 2 is 2.30 bits per heavy atom. The molecule has 10 heavy (non-hydrogen) atoms. The first-order valence-corrected chi connectivity index (χ1v) is 2.95. The molecule has 0 aromatic carbocycles. The van der Waals surface area contributed by atoms with Crippen molar-refractivity contribution in [2.24, 2.45) is 0 Å². The summed E-state index contributed by atoms with van der Waals surface area (Å²) in [4.78, 5) is 13.3. The Morgan fingerprint density at radius 3 is 2.70 bits per heavy atom. The van der Waals surface area contributed by atoms with E-state index in [9.17, 15) is 4.79 Å². The minimum Gasteiger partial charge on any atom is -0.338 e. The van der Waals surface area contributed by atoms with Crippen LogP contribution < -0.4 is 5.49 Å². The van der Waals surface area contributed by atoms with E-state index in [1.54, 1.807) is 18.2 Å². The molecule has 1 rings (SSSR count). The van der Waals surface area contributed by atoms with E-state index < -0.39 is 0 Å². The average molecular weight is 136 g/mol. The van der Waals surface area contributed by atoms with Gasteiger partial charge in [0.05, 0.1) is 5.69 Å². The van der Waals surface area contributed by atoms with Crippen molar-refractivity contribution in [3.63, 3.8) is 0 Å². The van der Waals surface area contributed by atoms with Crippen LogP contribution in [0.3, 0.4) is 0 Å². The third-order valence-corrected chi connectivity index (χ3v) is 1.17. The summed E-state index contributed by atoms with van der Waals surface area (Å²) in [5, 5.41) is 7.12. The van der Waals surface area contributed by atoms with E-state index in [1.807, 2.05) is 0 Å². The van der Waals surface area contributed by atoms with Crippen LogP contribution in [0.15, 0.2) is 18.2 Å². The Labute approximate surface area is 58.2 Å². The largest absolute Gasteiger partial charge is 0.338 e. The summed E-state index contributed by atoms with van der Waals surface area (Å²) in [5.41, 5.74) is 0.736. The standard InChI is InChI=1S/C7H8N2O/c1-5(10)6-3-2-4-7(8)9-6/h2-4H,1H3,(H2,8,9). The first-order chi connectivity index (χ1) is 4.70. The molecule has 0 saturated heterocycles. The van der Waals surface area contributed by atoms with E-state index in [0.717, 1.165) is 0 Å². The zero-order valence-corrected chi connectivity index (χ0v) is 5.64. The fourth-order valence-corrected chi connectivity index (χ4v) is 0.674. The van der Waals surface area contributed by atoms with Gasteiger partial charge in [0.25, 0.3) is 0 Å². The summed E-state index contributed by atoms with van der Waals surface area (Å²) >= 11 is 0. The molecule has 0 aliphatic heterocycles. The van der Waals surface area contributed by atoms with E-state index in [1.165, 1.54) is 6.92 Å². The Balaban J connectivity index is 3.20. The van der Waals surface area contributed by atoms with Gasteiger partial charge in [-0.05, 0) is 12.1 Å². The second-order valence-electron chi connectivity index (χ2n) is 2.03. The molecule has 0 fully saturated rings. The Hall–Kier alpha value is -1.38. The molecule has 1 aromatic heterocycles. The van der Waals surface area contributed by atoms with Crippen LogP contribution in [0.25, 0.3) is 0 Å². The number of rotatable bonds is 1. The maximum absolute atomic E-state index is 10.7. The van der Waals surface area contributed by atoms with E-state index >= 15 is 0 Å². The summed E-state index contributed by atoms with van der Waals surface area (Å²) in [6.07, 6.45) is 0. The van der Waals surface area contributed by atoms with Crippen molar-refractivity contribution in [2.75, 3.05) is 0 Å². The van der Waals surface area contributed by atoms with Crippen LogP contribution in [-0.4, -0.2) is 10.8 Å². The summed E-state index contributed by atoms with van der Waals surface area (Å²) in [7, 11) is 0. The monoisotopic (exact) mass is 136 g/mol. The van der Waals surface area contributed by atoms with Crippen molar-refractivity contribution in [2.45, 2.75) is 6.92 Å². The minimum absolute atomic E-state index is 0.0471. The molecule has 3 heteroatoms. The van der Waals surface area contributed by atoms with Crippen molar-refractivity contribution in [1.29, 1.82) is 5.41 Å². The maximum atomic E-state index is 10.7. The van der Waals surface area contributed by atoms with Crippen LogP contribution in [0, 0.1) is 5.41 Å². The first kappa shape index (κ1) is 6.74. The molecular weight excluding hydrogens is 128 g/mol. The van der Waals surface area contributed by atoms with Crippen LogP contribution in [0.5, 0.6) is 0 Å². The van der Waals surface area contributed by atoms with Gasteiger partial charge < -0.3 is 4.98 Å². The topological polar surface area (TPSA) is 56.7 Å². The molecule has 0 amide bonds. The number of H-pyrrole nitrogens is 1. The highest BCUT2D eigenvalue weighted by Gasteiger charge is 1.94. The van der Waals surface area contributed by atoms with Gasteiger partial charge in [-0.1, -0.05) is 6.07 Å². The lowest BCUT2D eigenvalue weighted by Crippen LogP contribution is -2.08. The Kier molecular flexibility index (Phi) is 1.67. The van der Waals surface area contributed by atoms with Gasteiger partial charge in [-0.3, -0.25) is 10.2 Å². The van der Waals surface area contributed by atoms with Crippen molar-refractivity contribution < 1.29 is 4.79 Å². The van der Waals surface area contributed by atoms with Gasteiger partial charge in [-0.2, -0.15) is 0 Å². The zero-order valence-electron chi connectivity index (χ0n) is 5.64. The molecule has 1 aromatic rings. The first-order valence-electron chi connectivity index (χ1n) is 2.95. The normalized spacial score (nSPS) is 9.30. The van der Waals surface area contributed by atoms with Gasteiger partial charge in [-0.25, -0.2) is 0 Å². The van der Waals surface area contributed by atoms with Crippen LogP contribution in [-0.2, 0) is 0 Å². The fraction of sp³-hybridized carbons (Fsp3) is 0.143. The SMILES string of the molecule is CC(=O)c1cccc(=N)[nH]1. The van der Waals surface area contributed by atoms with Crippen LogP contribution in [0.2, 0.25) is 0 Å². The summed E-state index contributed by atoms with van der Waals surface area (Å²) in [6, 6.07) is 4.92. The van der Waals surface area contributed by atoms with Gasteiger partial charge >= 0.3 is 0 Å². The minimum atomic E-state index is -0.0471. The van der Waals surface area contributed by atoms with Gasteiger partial charge in [0.15, 0.2) is 5.78 Å². The van der Waals surface area contributed by atoms with E-state index in [2.05, 4.69) is 4.98 Å². The molecule has 3 nitrogen and oxygen atoms in total. The number of ketones is 1. The van der Waals surface area contributed by atoms with Crippen LogP contribution in [0.1, 0.15) is 17.4 Å². The van der Waals surface area contributed by atoms with Gasteiger partial charge in [0.2, 0.25) is 0 Å². The predicted molar refractivity (Wildman–Crippen MR) is 36.7 cm³/mol. The second-order valence-corrected chi connectivity index (χ2v) is 2.03. The van der Waals surface area contributed by atoms with E-state index in [-0.39, 0.29) is 11.3 Å². The number of aromatic nitrogens is 1. The number of carbonyl (C=O) groups is 1. The average Bonchev–Trinajstić information content (AvgIpc) is 1.88. The molecule has 0 bridgehead atoms. The quantitative estimate of drug-likeness (QED) is 0.548. The summed E-state index contributed by atoms with van der Waals surface area (Å²) in [6.45, 7) is 1.46. The zero-order chi connectivity index (χ0) is 7.56. The molecule has 0 aliphatic rings. The summed E-state index contributed by atoms with van der Waals surface area (Å²) in [5.74, 6) is -0.0471. The number of hydrogen-bond donors (Lipinski definition) is 2. The third kappa shape index (κ3) is 1.31. The number of Topliss-reactive ketones (excluding diaryl/α,β-unsaturated/α-hetero) is 1. The molecule has 2 N–H and O–H groups in total. The number of aromatic amines is 1. The second kappa shape index (κ2) is 2.47. The van der Waals surface area contributed by atoms with Crippen molar-refractivity contribution in [3.8, 4) is 0 Å². The lowest BCUT2D eigenvalue weighted by molar-refractivity contribution is 0.101. The van der Waals surface area contributed by atoms with Crippen molar-refractivity contribution in [1.82, 2.24) is 4.98 Å². The molecule has 0 spiro atoms. The smallest absolute Gasteiger partial charge is 0.175 e. The van der Waals surface area contributed by atoms with Gasteiger partial charge in [0.1, 0.15) is 5.49 Å². The lowest BCUT2D eigenvalue weighted by atomic mass is 10.3. The summed E-state index contributed by atoms with van der Waals surface area (Å²) < 4.78 is 0. The molecule has 0 radical (unpaired) electrons. The Bertz CT molecular complexity index is 300. The van der Waals surface area contributed by atoms with Crippen LogP contribution >= 0.6 is 0 Å². The molecule has 0 unspecified atom stereocenters.